The van der Waals surface area contributed by atoms with E-state index in [4.69, 9.17) is 0 Å². The molecule has 0 N–H and O–H groups in total. The molecule has 3 heterocycles. The number of rotatable bonds is 3. The highest BCUT2D eigenvalue weighted by Gasteiger charge is 2.41. The largest absolute Gasteiger partial charge is 0.416 e. The molecule has 0 unspecified atom stereocenters. The number of halogens is 3. The number of sulfonamides is 1. The van der Waals surface area contributed by atoms with Gasteiger partial charge in [-0.3, -0.25) is 4.90 Å². The molecular formula is C17H17F3N2O2S2. The van der Waals surface area contributed by atoms with Crippen molar-refractivity contribution in [2.24, 2.45) is 0 Å². The van der Waals surface area contributed by atoms with Gasteiger partial charge in [0.2, 0.25) is 10.0 Å². The van der Waals surface area contributed by atoms with Crippen LogP contribution in [0.3, 0.4) is 0 Å². The highest BCUT2D eigenvalue weighted by molar-refractivity contribution is 7.89. The summed E-state index contributed by atoms with van der Waals surface area (Å²) in [6, 6.07) is 6.16. The van der Waals surface area contributed by atoms with E-state index in [1.54, 1.807) is 11.3 Å². The molecule has 0 spiro atoms. The van der Waals surface area contributed by atoms with Crippen LogP contribution in [0.25, 0.3) is 0 Å². The van der Waals surface area contributed by atoms with Crippen molar-refractivity contribution in [3.63, 3.8) is 0 Å². The average molecular weight is 402 g/mol. The van der Waals surface area contributed by atoms with Gasteiger partial charge in [-0.1, -0.05) is 6.07 Å². The lowest BCUT2D eigenvalue weighted by Gasteiger charge is -2.45. The molecule has 2 aromatic rings. The fraction of sp³-hybridized carbons (Fsp3) is 0.412. The maximum atomic E-state index is 12.8. The predicted octanol–water partition coefficient (Wildman–Crippen LogP) is 3.20. The second-order valence-electron chi connectivity index (χ2n) is 6.59. The molecule has 0 bridgehead atoms. The molecule has 140 valence electrons. The molecule has 0 amide bonds. The minimum absolute atomic E-state index is 0.114. The van der Waals surface area contributed by atoms with Gasteiger partial charge in [-0.15, -0.1) is 11.3 Å². The Labute approximate surface area is 153 Å². The zero-order chi connectivity index (χ0) is 18.5. The summed E-state index contributed by atoms with van der Waals surface area (Å²) in [6.45, 7) is 2.33. The standard InChI is InChI=1S/C17H17F3N2O2S2/c18-17(19,20)13-2-1-3-15(8-13)26(23,24)22-10-14(11-22)21-6-4-16-12(9-21)5-7-25-16/h1-3,5,7-8,14H,4,6,9-11H2. The first-order valence-electron chi connectivity index (χ1n) is 8.22. The van der Waals surface area contributed by atoms with Crippen molar-refractivity contribution in [1.82, 2.24) is 9.21 Å². The molecule has 0 saturated carbocycles. The van der Waals surface area contributed by atoms with Crippen molar-refractivity contribution >= 4 is 21.4 Å². The van der Waals surface area contributed by atoms with Gasteiger partial charge >= 0.3 is 6.18 Å². The highest BCUT2D eigenvalue weighted by Crippen LogP contribution is 2.33. The van der Waals surface area contributed by atoms with Gasteiger partial charge in [-0.25, -0.2) is 8.42 Å². The Morgan fingerprint density at radius 3 is 2.65 bits per heavy atom. The lowest BCUT2D eigenvalue weighted by molar-refractivity contribution is -0.137. The van der Waals surface area contributed by atoms with Crippen LogP contribution in [0.5, 0.6) is 0 Å². The van der Waals surface area contributed by atoms with Gasteiger partial charge in [-0.2, -0.15) is 17.5 Å². The van der Waals surface area contributed by atoms with Crippen LogP contribution in [0.2, 0.25) is 0 Å². The highest BCUT2D eigenvalue weighted by atomic mass is 32.2. The molecule has 4 rings (SSSR count). The molecule has 1 aromatic heterocycles. The first-order valence-corrected chi connectivity index (χ1v) is 10.5. The number of nitrogens with zero attached hydrogens (tertiary/aromatic N) is 2. The van der Waals surface area contributed by atoms with Crippen molar-refractivity contribution in [3.05, 3.63) is 51.7 Å². The molecule has 1 fully saturated rings. The van der Waals surface area contributed by atoms with Gasteiger partial charge in [-0.05, 0) is 41.6 Å². The van der Waals surface area contributed by atoms with Gasteiger partial charge in [0, 0.05) is 37.1 Å². The van der Waals surface area contributed by atoms with Crippen LogP contribution in [0.15, 0.2) is 40.6 Å². The van der Waals surface area contributed by atoms with Crippen LogP contribution < -0.4 is 0 Å². The number of benzene rings is 1. The molecule has 0 aliphatic carbocycles. The van der Waals surface area contributed by atoms with Crippen molar-refractivity contribution in [3.8, 4) is 0 Å². The van der Waals surface area contributed by atoms with E-state index in [0.29, 0.717) is 19.2 Å². The molecule has 9 heteroatoms. The summed E-state index contributed by atoms with van der Waals surface area (Å²) in [6.07, 6.45) is -3.60. The monoisotopic (exact) mass is 402 g/mol. The van der Waals surface area contributed by atoms with E-state index < -0.39 is 21.8 Å². The number of alkyl halides is 3. The van der Waals surface area contributed by atoms with Crippen LogP contribution in [0.4, 0.5) is 13.2 Å². The lowest BCUT2D eigenvalue weighted by atomic mass is 10.0. The zero-order valence-corrected chi connectivity index (χ0v) is 15.4. The summed E-state index contributed by atoms with van der Waals surface area (Å²) in [5, 5.41) is 2.07. The second kappa shape index (κ2) is 6.33. The minimum atomic E-state index is -4.56. The lowest BCUT2D eigenvalue weighted by Crippen LogP contribution is -2.61. The second-order valence-corrected chi connectivity index (χ2v) is 9.53. The van der Waals surface area contributed by atoms with E-state index >= 15 is 0 Å². The van der Waals surface area contributed by atoms with Crippen LogP contribution in [0, 0.1) is 0 Å². The maximum absolute atomic E-state index is 12.8. The molecule has 1 saturated heterocycles. The Hall–Kier alpha value is -1.42. The summed E-state index contributed by atoms with van der Waals surface area (Å²) in [5.41, 5.74) is 0.345. The van der Waals surface area contributed by atoms with E-state index in [1.165, 1.54) is 20.8 Å². The van der Waals surface area contributed by atoms with Gasteiger partial charge < -0.3 is 0 Å². The quantitative estimate of drug-likeness (QED) is 0.792. The first-order chi connectivity index (χ1) is 12.2. The average Bonchev–Trinajstić information content (AvgIpc) is 3.00. The summed E-state index contributed by atoms with van der Waals surface area (Å²) in [5.74, 6) is 0. The Morgan fingerprint density at radius 1 is 1.15 bits per heavy atom. The van der Waals surface area contributed by atoms with Gasteiger partial charge in [0.15, 0.2) is 0 Å². The number of hydrogen-bond donors (Lipinski definition) is 0. The Kier molecular flexibility index (Phi) is 4.37. The van der Waals surface area contributed by atoms with Crippen LogP contribution in [-0.2, 0) is 29.2 Å². The number of thiophene rings is 1. The summed E-state index contributed by atoms with van der Waals surface area (Å²) < 4.78 is 65.0. The summed E-state index contributed by atoms with van der Waals surface area (Å²) in [4.78, 5) is 3.34. The Bertz CT molecular complexity index is 918. The summed E-state index contributed by atoms with van der Waals surface area (Å²) in [7, 11) is -3.90. The van der Waals surface area contributed by atoms with E-state index in [1.807, 2.05) is 0 Å². The maximum Gasteiger partial charge on any atom is 0.416 e. The number of hydrogen-bond acceptors (Lipinski definition) is 4. The van der Waals surface area contributed by atoms with Gasteiger partial charge in [0.1, 0.15) is 0 Å². The minimum Gasteiger partial charge on any atom is -0.293 e. The van der Waals surface area contributed by atoms with E-state index in [-0.39, 0.29) is 10.9 Å². The van der Waals surface area contributed by atoms with Crippen molar-refractivity contribution in [1.29, 1.82) is 0 Å². The molecule has 4 nitrogen and oxygen atoms in total. The van der Waals surface area contributed by atoms with Crippen LogP contribution >= 0.6 is 11.3 Å². The Balaban J connectivity index is 1.45. The van der Waals surface area contributed by atoms with E-state index in [0.717, 1.165) is 31.6 Å². The molecule has 0 atom stereocenters. The molecule has 2 aliphatic heterocycles. The smallest absolute Gasteiger partial charge is 0.293 e. The van der Waals surface area contributed by atoms with E-state index in [2.05, 4.69) is 16.3 Å². The van der Waals surface area contributed by atoms with Gasteiger partial charge in [0.25, 0.3) is 0 Å². The normalized spacial score (nSPS) is 20.0. The Morgan fingerprint density at radius 2 is 1.92 bits per heavy atom. The van der Waals surface area contributed by atoms with Crippen LogP contribution in [-0.4, -0.2) is 43.3 Å². The zero-order valence-electron chi connectivity index (χ0n) is 13.7. The molecule has 1 aromatic carbocycles. The first kappa shape index (κ1) is 18.0. The fourth-order valence-electron chi connectivity index (χ4n) is 3.41. The molecule has 26 heavy (non-hydrogen) atoms. The van der Waals surface area contributed by atoms with E-state index in [9.17, 15) is 21.6 Å². The molecule has 0 radical (unpaired) electrons. The molecule has 2 aliphatic rings. The van der Waals surface area contributed by atoms with Crippen LogP contribution in [0.1, 0.15) is 16.0 Å². The predicted molar refractivity (Wildman–Crippen MR) is 92.4 cm³/mol. The number of fused-ring (bicyclic) bond motifs is 1. The molecular weight excluding hydrogens is 385 g/mol. The topological polar surface area (TPSA) is 40.6 Å². The third-order valence-electron chi connectivity index (χ3n) is 4.98. The van der Waals surface area contributed by atoms with Crippen molar-refractivity contribution < 1.29 is 21.6 Å². The van der Waals surface area contributed by atoms with Gasteiger partial charge in [0.05, 0.1) is 10.5 Å². The van der Waals surface area contributed by atoms with Crippen molar-refractivity contribution in [2.45, 2.75) is 30.1 Å². The SMILES string of the molecule is O=S(=O)(c1cccc(C(F)(F)F)c1)N1CC(N2CCc3sccc3C2)C1. The fourth-order valence-corrected chi connectivity index (χ4v) is 5.86. The third-order valence-corrected chi connectivity index (χ3v) is 7.83. The van der Waals surface area contributed by atoms with Crippen molar-refractivity contribution in [2.75, 3.05) is 19.6 Å². The summed E-state index contributed by atoms with van der Waals surface area (Å²) >= 11 is 1.75. The third kappa shape index (κ3) is 3.17.